The van der Waals surface area contributed by atoms with Crippen molar-refractivity contribution < 1.29 is 18.0 Å². The molecule has 0 unspecified atom stereocenters. The Labute approximate surface area is 224 Å². The van der Waals surface area contributed by atoms with E-state index in [1.807, 2.05) is 29.2 Å². The zero-order valence-corrected chi connectivity index (χ0v) is 22.3. The van der Waals surface area contributed by atoms with E-state index >= 15 is 0 Å². The molecule has 38 heavy (non-hydrogen) atoms. The highest BCUT2D eigenvalue weighted by Gasteiger charge is 2.48. The molecule has 0 radical (unpaired) electrons. The van der Waals surface area contributed by atoms with Gasteiger partial charge in [0.15, 0.2) is 0 Å². The van der Waals surface area contributed by atoms with Gasteiger partial charge in [-0.2, -0.15) is 9.57 Å². The van der Waals surface area contributed by atoms with Crippen molar-refractivity contribution >= 4 is 21.8 Å². The monoisotopic (exact) mass is 534 g/mol. The van der Waals surface area contributed by atoms with Crippen molar-refractivity contribution in [3.05, 3.63) is 65.2 Å². The summed E-state index contributed by atoms with van der Waals surface area (Å²) < 4.78 is 29.3. The van der Waals surface area contributed by atoms with Crippen molar-refractivity contribution in [1.82, 2.24) is 14.5 Å². The van der Waals surface area contributed by atoms with Crippen molar-refractivity contribution in [1.29, 1.82) is 5.26 Å². The van der Waals surface area contributed by atoms with Crippen LogP contribution in [-0.2, 0) is 32.6 Å². The van der Waals surface area contributed by atoms with Gasteiger partial charge in [-0.3, -0.25) is 9.59 Å². The Bertz CT molecular complexity index is 1340. The Morgan fingerprint density at radius 3 is 2.45 bits per heavy atom. The van der Waals surface area contributed by atoms with Gasteiger partial charge in [-0.05, 0) is 67.5 Å². The molecule has 1 aliphatic carbocycles. The number of carbonyl (C=O) groups excluding carboxylic acids is 2. The lowest BCUT2D eigenvalue weighted by Crippen LogP contribution is -2.47. The third-order valence-electron chi connectivity index (χ3n) is 8.22. The third-order valence-corrected chi connectivity index (χ3v) is 10.2. The predicted molar refractivity (Wildman–Crippen MR) is 142 cm³/mol. The molecule has 5 rings (SSSR count). The van der Waals surface area contributed by atoms with Crippen LogP contribution in [0.1, 0.15) is 55.2 Å². The van der Waals surface area contributed by atoms with Gasteiger partial charge in [-0.25, -0.2) is 8.42 Å². The fraction of sp³-hybridized carbons (Fsp3) is 0.483. The molecular weight excluding hydrogens is 500 g/mol. The zero-order valence-electron chi connectivity index (χ0n) is 21.5. The van der Waals surface area contributed by atoms with E-state index < -0.39 is 27.9 Å². The molecule has 2 aromatic carbocycles. The molecule has 2 amide bonds. The third kappa shape index (κ3) is 5.33. The maximum absolute atomic E-state index is 13.9. The van der Waals surface area contributed by atoms with E-state index in [1.54, 1.807) is 0 Å². The zero-order chi connectivity index (χ0) is 26.7. The van der Waals surface area contributed by atoms with Crippen molar-refractivity contribution in [3.63, 3.8) is 0 Å². The lowest BCUT2D eigenvalue weighted by Gasteiger charge is -2.32. The average molecular weight is 535 g/mol. The van der Waals surface area contributed by atoms with Crippen LogP contribution in [0.2, 0.25) is 0 Å². The van der Waals surface area contributed by atoms with Gasteiger partial charge in [0, 0.05) is 38.1 Å². The average Bonchev–Trinajstić information content (AvgIpc) is 3.37. The molecule has 1 N–H and O–H groups in total. The van der Waals surface area contributed by atoms with Crippen molar-refractivity contribution in [2.24, 2.45) is 11.8 Å². The molecule has 8 nitrogen and oxygen atoms in total. The minimum atomic E-state index is -3.94. The van der Waals surface area contributed by atoms with E-state index in [4.69, 9.17) is 5.26 Å². The van der Waals surface area contributed by atoms with Crippen LogP contribution in [0.15, 0.2) is 53.4 Å². The molecule has 2 aliphatic heterocycles. The second kappa shape index (κ2) is 11.3. The molecule has 2 heterocycles. The molecule has 9 heteroatoms. The van der Waals surface area contributed by atoms with Gasteiger partial charge in [-0.1, -0.05) is 37.1 Å². The fourth-order valence-corrected chi connectivity index (χ4v) is 7.86. The molecule has 200 valence electrons. The van der Waals surface area contributed by atoms with Gasteiger partial charge >= 0.3 is 0 Å². The molecule has 2 aromatic rings. The number of sulfonamides is 1. The number of nitrogens with zero attached hydrogens (tertiary/aromatic N) is 3. The van der Waals surface area contributed by atoms with Crippen LogP contribution in [-0.4, -0.2) is 55.1 Å². The first-order valence-corrected chi connectivity index (χ1v) is 15.0. The Hall–Kier alpha value is -3.22. The van der Waals surface area contributed by atoms with Crippen molar-refractivity contribution in [2.45, 2.75) is 62.4 Å². The lowest BCUT2D eigenvalue weighted by atomic mass is 9.97. The number of amides is 2. The SMILES string of the molecule is N#Cc1ccc(S(=O)(=O)N2CCCCCCNC(=O)[C@@H]3C[C@@H](C(=O)N4CCc5ccccc5C4)C[C@@H]32)cc1. The Morgan fingerprint density at radius 1 is 0.947 bits per heavy atom. The molecule has 2 fully saturated rings. The maximum atomic E-state index is 13.9. The van der Waals surface area contributed by atoms with E-state index in [0.717, 1.165) is 31.2 Å². The first-order chi connectivity index (χ1) is 18.4. The summed E-state index contributed by atoms with van der Waals surface area (Å²) in [5, 5.41) is 12.1. The van der Waals surface area contributed by atoms with Crippen molar-refractivity contribution in [2.75, 3.05) is 19.6 Å². The summed E-state index contributed by atoms with van der Waals surface area (Å²) in [7, 11) is -3.94. The van der Waals surface area contributed by atoms with Gasteiger partial charge in [0.2, 0.25) is 21.8 Å². The minimum Gasteiger partial charge on any atom is -0.356 e. The minimum absolute atomic E-state index is 0.00242. The number of benzene rings is 2. The summed E-state index contributed by atoms with van der Waals surface area (Å²) in [5.41, 5.74) is 2.78. The standard InChI is InChI=1S/C29H34N4O4S/c30-19-21-9-11-25(12-10-21)38(36,37)33-15-6-2-1-5-14-31-28(34)26-17-24(18-27(26)33)29(35)32-16-13-22-7-3-4-8-23(22)20-32/h3-4,7-12,24,26-27H,1-2,5-6,13-18,20H2,(H,31,34)/t24-,26-,27+/m1/s1. The van der Waals surface area contributed by atoms with E-state index in [2.05, 4.69) is 11.4 Å². The molecule has 3 aliphatic rings. The number of rotatable bonds is 3. The molecular formula is C29H34N4O4S. The van der Waals surface area contributed by atoms with E-state index in [-0.39, 0.29) is 16.7 Å². The van der Waals surface area contributed by atoms with Crippen LogP contribution >= 0.6 is 0 Å². The number of fused-ring (bicyclic) bond motifs is 2. The van der Waals surface area contributed by atoms with Crippen LogP contribution in [0, 0.1) is 23.2 Å². The summed E-state index contributed by atoms with van der Waals surface area (Å²) in [4.78, 5) is 29.0. The molecule has 0 spiro atoms. The van der Waals surface area contributed by atoms with Gasteiger partial charge in [0.05, 0.1) is 22.4 Å². The van der Waals surface area contributed by atoms with E-state index in [9.17, 15) is 18.0 Å². The highest BCUT2D eigenvalue weighted by molar-refractivity contribution is 7.89. The normalized spacial score (nSPS) is 24.9. The van der Waals surface area contributed by atoms with Crippen molar-refractivity contribution in [3.8, 4) is 6.07 Å². The van der Waals surface area contributed by atoms with Crippen LogP contribution in [0.25, 0.3) is 0 Å². The summed E-state index contributed by atoms with van der Waals surface area (Å²) in [6, 6.07) is 15.5. The fourth-order valence-electron chi connectivity index (χ4n) is 6.15. The quantitative estimate of drug-likeness (QED) is 0.650. The Balaban J connectivity index is 1.43. The smallest absolute Gasteiger partial charge is 0.243 e. The van der Waals surface area contributed by atoms with E-state index in [0.29, 0.717) is 51.0 Å². The molecule has 0 aromatic heterocycles. The summed E-state index contributed by atoms with van der Waals surface area (Å²) >= 11 is 0. The number of hydrogen-bond donors (Lipinski definition) is 1. The molecule has 3 atom stereocenters. The summed E-state index contributed by atoms with van der Waals surface area (Å²) in [6.45, 7) is 2.03. The molecule has 1 saturated heterocycles. The van der Waals surface area contributed by atoms with Crippen LogP contribution in [0.3, 0.4) is 0 Å². The largest absolute Gasteiger partial charge is 0.356 e. The number of carbonyl (C=O) groups is 2. The Kier molecular flexibility index (Phi) is 7.82. The first kappa shape index (κ1) is 26.4. The van der Waals surface area contributed by atoms with Crippen LogP contribution in [0.4, 0.5) is 0 Å². The Morgan fingerprint density at radius 2 is 1.68 bits per heavy atom. The number of hydrogen-bond acceptors (Lipinski definition) is 5. The van der Waals surface area contributed by atoms with Gasteiger partial charge in [0.1, 0.15) is 0 Å². The second-order valence-corrected chi connectivity index (χ2v) is 12.5. The van der Waals surface area contributed by atoms with Gasteiger partial charge in [-0.15, -0.1) is 0 Å². The van der Waals surface area contributed by atoms with Gasteiger partial charge < -0.3 is 10.2 Å². The van der Waals surface area contributed by atoms with E-state index in [1.165, 1.54) is 34.1 Å². The second-order valence-electron chi connectivity index (χ2n) is 10.6. The molecule has 0 bridgehead atoms. The topological polar surface area (TPSA) is 111 Å². The highest BCUT2D eigenvalue weighted by atomic mass is 32.2. The summed E-state index contributed by atoms with van der Waals surface area (Å²) in [5.74, 6) is -1.17. The number of nitrogens with one attached hydrogen (secondary N) is 1. The number of nitriles is 1. The first-order valence-electron chi connectivity index (χ1n) is 13.5. The maximum Gasteiger partial charge on any atom is 0.243 e. The highest BCUT2D eigenvalue weighted by Crippen LogP contribution is 2.39. The summed E-state index contributed by atoms with van der Waals surface area (Å²) in [6.07, 6.45) is 4.77. The van der Waals surface area contributed by atoms with Gasteiger partial charge in [0.25, 0.3) is 0 Å². The molecule has 1 saturated carbocycles. The predicted octanol–water partition coefficient (Wildman–Crippen LogP) is 3.22. The van der Waals surface area contributed by atoms with Crippen LogP contribution < -0.4 is 5.32 Å². The lowest BCUT2D eigenvalue weighted by molar-refractivity contribution is -0.136. The van der Waals surface area contributed by atoms with Crippen LogP contribution in [0.5, 0.6) is 0 Å².